The summed E-state index contributed by atoms with van der Waals surface area (Å²) in [6.45, 7) is 3.38. The van der Waals surface area contributed by atoms with E-state index < -0.39 is 5.60 Å². The molecule has 6 nitrogen and oxygen atoms in total. The van der Waals surface area contributed by atoms with Gasteiger partial charge in [0.1, 0.15) is 5.71 Å². The minimum atomic E-state index is -0.524. The van der Waals surface area contributed by atoms with Crippen LogP contribution >= 0.6 is 0 Å². The van der Waals surface area contributed by atoms with E-state index in [2.05, 4.69) is 69.2 Å². The Morgan fingerprint density at radius 1 is 1.00 bits per heavy atom. The van der Waals surface area contributed by atoms with Crippen molar-refractivity contribution in [1.82, 2.24) is 15.5 Å². The zero-order valence-electron chi connectivity index (χ0n) is 19.2. The first kappa shape index (κ1) is 22.1. The molecule has 2 fully saturated rings. The van der Waals surface area contributed by atoms with Gasteiger partial charge in [0.15, 0.2) is 5.60 Å². The Balaban J connectivity index is 1.28. The van der Waals surface area contributed by atoms with Gasteiger partial charge in [0.2, 0.25) is 0 Å². The average molecular weight is 447 g/mol. The summed E-state index contributed by atoms with van der Waals surface area (Å²) in [7, 11) is 0. The molecule has 3 aliphatic rings. The van der Waals surface area contributed by atoms with Gasteiger partial charge in [-0.25, -0.2) is 0 Å². The maximum Gasteiger partial charge on any atom is 0.269 e. The van der Waals surface area contributed by atoms with Crippen molar-refractivity contribution in [1.29, 1.82) is 0 Å². The van der Waals surface area contributed by atoms with Crippen LogP contribution in [-0.4, -0.2) is 47.3 Å². The minimum absolute atomic E-state index is 0.0548. The van der Waals surface area contributed by atoms with E-state index in [1.165, 1.54) is 24.0 Å². The molecule has 5 rings (SSSR count). The van der Waals surface area contributed by atoms with Crippen molar-refractivity contribution in [2.75, 3.05) is 13.1 Å². The van der Waals surface area contributed by atoms with E-state index in [1.54, 1.807) is 0 Å². The lowest BCUT2D eigenvalue weighted by Crippen LogP contribution is -2.61. The number of amides is 1. The molecule has 33 heavy (non-hydrogen) atoms. The molecule has 6 heteroatoms. The zero-order chi connectivity index (χ0) is 22.5. The third kappa shape index (κ3) is 5.28. The number of nitrogens with one attached hydrogen (secondary N) is 2. The monoisotopic (exact) mass is 446 g/mol. The second-order valence-electron chi connectivity index (χ2n) is 9.73. The lowest BCUT2D eigenvalue weighted by atomic mass is 9.82. The summed E-state index contributed by atoms with van der Waals surface area (Å²) in [5.41, 5.74) is 2.55. The first-order valence-electron chi connectivity index (χ1n) is 12.3. The zero-order valence-corrected chi connectivity index (χ0v) is 19.2. The number of rotatable bonds is 7. The lowest BCUT2D eigenvalue weighted by molar-refractivity contribution is -0.115. The third-order valence-electron chi connectivity index (χ3n) is 7.26. The molecule has 1 saturated heterocycles. The molecule has 1 aliphatic carbocycles. The maximum atomic E-state index is 12.9. The molecular formula is C27H34N4O2. The van der Waals surface area contributed by atoms with Crippen LogP contribution in [0.1, 0.15) is 49.7 Å². The van der Waals surface area contributed by atoms with Crippen LogP contribution < -0.4 is 10.6 Å². The van der Waals surface area contributed by atoms with Crippen molar-refractivity contribution >= 4 is 11.6 Å². The molecule has 2 heterocycles. The van der Waals surface area contributed by atoms with E-state index in [4.69, 9.17) is 4.84 Å². The molecule has 1 spiro atoms. The Labute approximate surface area is 196 Å². The van der Waals surface area contributed by atoms with Gasteiger partial charge in [-0.3, -0.25) is 9.69 Å². The van der Waals surface area contributed by atoms with Gasteiger partial charge in [-0.15, -0.1) is 0 Å². The maximum absolute atomic E-state index is 12.9. The largest absolute Gasteiger partial charge is 0.385 e. The predicted molar refractivity (Wildman–Crippen MR) is 130 cm³/mol. The molecule has 2 N–H and O–H groups in total. The Morgan fingerprint density at radius 3 is 2.42 bits per heavy atom. The first-order valence-corrected chi connectivity index (χ1v) is 12.3. The fourth-order valence-electron chi connectivity index (χ4n) is 5.47. The summed E-state index contributed by atoms with van der Waals surface area (Å²) >= 11 is 0. The van der Waals surface area contributed by atoms with Gasteiger partial charge in [0, 0.05) is 38.6 Å². The highest BCUT2D eigenvalue weighted by Crippen LogP contribution is 2.35. The predicted octanol–water partition coefficient (Wildman–Crippen LogP) is 3.62. The van der Waals surface area contributed by atoms with E-state index in [0.717, 1.165) is 45.4 Å². The normalized spacial score (nSPS) is 25.7. The standard InChI is InChI=1S/C27H34N4O2/c32-26(29-23-13-7-8-14-23)24-17-27(33-30-24)20-31(19-22-11-5-2-6-12-22)16-15-25(27)28-18-21-9-3-1-4-10-21/h1-6,9-12,23,25,28H,7-8,13-20H2,(H,29,32)/t25-,27+/m0/s1. The second-order valence-corrected chi connectivity index (χ2v) is 9.73. The molecule has 0 unspecified atom stereocenters. The van der Waals surface area contributed by atoms with Gasteiger partial charge in [-0.05, 0) is 30.4 Å². The van der Waals surface area contributed by atoms with Crippen molar-refractivity contribution in [2.24, 2.45) is 5.16 Å². The van der Waals surface area contributed by atoms with Crippen LogP contribution in [0.5, 0.6) is 0 Å². The topological polar surface area (TPSA) is 66.0 Å². The number of carbonyl (C=O) groups excluding carboxylic acids is 1. The van der Waals surface area contributed by atoms with E-state index in [0.29, 0.717) is 12.1 Å². The number of oxime groups is 1. The molecule has 0 radical (unpaired) electrons. The number of likely N-dealkylation sites (tertiary alicyclic amines) is 1. The fourth-order valence-corrected chi connectivity index (χ4v) is 5.47. The summed E-state index contributed by atoms with van der Waals surface area (Å²) < 4.78 is 0. The molecule has 2 aromatic rings. The summed E-state index contributed by atoms with van der Waals surface area (Å²) in [6.07, 6.45) is 6.01. The van der Waals surface area contributed by atoms with Crippen LogP contribution in [0.25, 0.3) is 0 Å². The molecule has 2 atom stereocenters. The van der Waals surface area contributed by atoms with Crippen LogP contribution in [0.4, 0.5) is 0 Å². The average Bonchev–Trinajstić information content (AvgIpc) is 3.51. The van der Waals surface area contributed by atoms with E-state index in [9.17, 15) is 4.79 Å². The number of carbonyl (C=O) groups is 1. The van der Waals surface area contributed by atoms with Crippen molar-refractivity contribution in [3.8, 4) is 0 Å². The van der Waals surface area contributed by atoms with Crippen molar-refractivity contribution in [3.05, 3.63) is 71.8 Å². The van der Waals surface area contributed by atoms with Crippen LogP contribution in [-0.2, 0) is 22.7 Å². The molecule has 174 valence electrons. The van der Waals surface area contributed by atoms with E-state index >= 15 is 0 Å². The van der Waals surface area contributed by atoms with Crippen molar-refractivity contribution < 1.29 is 9.63 Å². The van der Waals surface area contributed by atoms with Gasteiger partial charge in [-0.1, -0.05) is 78.7 Å². The van der Waals surface area contributed by atoms with Crippen molar-refractivity contribution in [3.63, 3.8) is 0 Å². The minimum Gasteiger partial charge on any atom is -0.385 e. The van der Waals surface area contributed by atoms with Gasteiger partial charge in [0.25, 0.3) is 5.91 Å². The first-order chi connectivity index (χ1) is 16.2. The fraction of sp³-hybridized carbons (Fsp3) is 0.481. The Kier molecular flexibility index (Phi) is 6.74. The molecule has 2 aromatic carbocycles. The summed E-state index contributed by atoms with van der Waals surface area (Å²) in [5, 5.41) is 11.3. The highest BCUT2D eigenvalue weighted by Gasteiger charge is 2.51. The number of piperidine rings is 1. The van der Waals surface area contributed by atoms with Gasteiger partial charge >= 0.3 is 0 Å². The quantitative estimate of drug-likeness (QED) is 0.682. The van der Waals surface area contributed by atoms with Crippen molar-refractivity contribution in [2.45, 2.75) is 69.3 Å². The number of benzene rings is 2. The number of hydrogen-bond donors (Lipinski definition) is 2. The summed E-state index contributed by atoms with van der Waals surface area (Å²) in [4.78, 5) is 21.5. The Hall–Kier alpha value is -2.70. The van der Waals surface area contributed by atoms with Crippen LogP contribution in [0.15, 0.2) is 65.8 Å². The highest BCUT2D eigenvalue weighted by atomic mass is 16.7. The summed E-state index contributed by atoms with van der Waals surface area (Å²) in [6, 6.07) is 21.4. The Morgan fingerprint density at radius 2 is 1.70 bits per heavy atom. The number of hydrogen-bond acceptors (Lipinski definition) is 5. The van der Waals surface area contributed by atoms with Crippen LogP contribution in [0.3, 0.4) is 0 Å². The lowest BCUT2D eigenvalue weighted by Gasteiger charge is -2.44. The number of nitrogens with zero attached hydrogens (tertiary/aromatic N) is 2. The van der Waals surface area contributed by atoms with E-state index in [-0.39, 0.29) is 18.0 Å². The van der Waals surface area contributed by atoms with Crippen LogP contribution in [0, 0.1) is 0 Å². The Bertz CT molecular complexity index is 959. The molecule has 1 amide bonds. The smallest absolute Gasteiger partial charge is 0.269 e. The molecule has 1 saturated carbocycles. The molecule has 2 aliphatic heterocycles. The van der Waals surface area contributed by atoms with Crippen LogP contribution in [0.2, 0.25) is 0 Å². The van der Waals surface area contributed by atoms with Gasteiger partial charge < -0.3 is 15.5 Å². The molecule has 0 bridgehead atoms. The molecule has 0 aromatic heterocycles. The highest BCUT2D eigenvalue weighted by molar-refractivity contribution is 6.39. The third-order valence-corrected chi connectivity index (χ3v) is 7.26. The van der Waals surface area contributed by atoms with Gasteiger partial charge in [-0.2, -0.15) is 0 Å². The van der Waals surface area contributed by atoms with E-state index in [1.807, 2.05) is 12.1 Å². The SMILES string of the molecule is O=C(NC1CCCC1)C1=NO[C@]2(C1)CN(Cc1ccccc1)CC[C@@H]2NCc1ccccc1. The van der Waals surface area contributed by atoms with Gasteiger partial charge in [0.05, 0.1) is 6.04 Å². The second kappa shape index (κ2) is 10.1. The summed E-state index contributed by atoms with van der Waals surface area (Å²) in [5.74, 6) is -0.0548. The molecular weight excluding hydrogens is 412 g/mol.